The van der Waals surface area contributed by atoms with Crippen molar-refractivity contribution in [2.24, 2.45) is 0 Å². The van der Waals surface area contributed by atoms with Crippen LogP contribution in [0.4, 0.5) is 0 Å². The average Bonchev–Trinajstić information content (AvgIpc) is 2.93. The summed E-state index contributed by atoms with van der Waals surface area (Å²) in [7, 11) is 0. The van der Waals surface area contributed by atoms with Gasteiger partial charge in [-0.3, -0.25) is 4.90 Å². The predicted octanol–water partition coefficient (Wildman–Crippen LogP) is 2.63. The van der Waals surface area contributed by atoms with Crippen LogP contribution >= 0.6 is 0 Å². The van der Waals surface area contributed by atoms with Crippen molar-refractivity contribution in [1.29, 1.82) is 0 Å². The number of nitrogens with one attached hydrogen (secondary N) is 1. The molecule has 2 heterocycles. The zero-order chi connectivity index (χ0) is 12.5. The van der Waals surface area contributed by atoms with E-state index in [4.69, 9.17) is 0 Å². The minimum Gasteiger partial charge on any atom is -0.308 e. The minimum atomic E-state index is 0.715. The Morgan fingerprint density at radius 3 is 3.00 bits per heavy atom. The first-order valence-electron chi connectivity index (χ1n) is 7.27. The molecule has 0 aliphatic carbocycles. The molecule has 98 valence electrons. The van der Waals surface area contributed by atoms with Gasteiger partial charge < -0.3 is 5.32 Å². The fourth-order valence-corrected chi connectivity index (χ4v) is 3.55. The van der Waals surface area contributed by atoms with Crippen LogP contribution in [0.15, 0.2) is 18.2 Å². The minimum absolute atomic E-state index is 0.715. The van der Waals surface area contributed by atoms with E-state index in [9.17, 15) is 0 Å². The molecule has 2 atom stereocenters. The molecule has 0 saturated carbocycles. The second-order valence-corrected chi connectivity index (χ2v) is 5.95. The highest BCUT2D eigenvalue weighted by Gasteiger charge is 2.36. The lowest BCUT2D eigenvalue weighted by atomic mass is 10.0. The molecule has 2 fully saturated rings. The maximum Gasteiger partial charge on any atom is 0.0250 e. The molecule has 0 bridgehead atoms. The normalized spacial score (nSPS) is 27.7. The quantitative estimate of drug-likeness (QED) is 0.879. The molecule has 2 aliphatic rings. The summed E-state index contributed by atoms with van der Waals surface area (Å²) in [5.74, 6) is 0. The summed E-state index contributed by atoms with van der Waals surface area (Å²) in [5.41, 5.74) is 4.24. The summed E-state index contributed by atoms with van der Waals surface area (Å²) in [5, 5.41) is 3.80. The van der Waals surface area contributed by atoms with Crippen LogP contribution in [0.5, 0.6) is 0 Å². The smallest absolute Gasteiger partial charge is 0.0250 e. The van der Waals surface area contributed by atoms with Crippen molar-refractivity contribution >= 4 is 0 Å². The molecule has 2 saturated heterocycles. The van der Waals surface area contributed by atoms with Gasteiger partial charge in [-0.2, -0.15) is 0 Å². The fourth-order valence-electron chi connectivity index (χ4n) is 3.55. The number of hydrogen-bond acceptors (Lipinski definition) is 2. The molecule has 1 aromatic carbocycles. The first-order valence-corrected chi connectivity index (χ1v) is 7.27. The maximum absolute atomic E-state index is 3.80. The summed E-state index contributed by atoms with van der Waals surface area (Å²) >= 11 is 0. The van der Waals surface area contributed by atoms with E-state index in [1.807, 2.05) is 0 Å². The Kier molecular flexibility index (Phi) is 3.40. The van der Waals surface area contributed by atoms with Crippen molar-refractivity contribution in [3.05, 3.63) is 34.9 Å². The van der Waals surface area contributed by atoms with E-state index >= 15 is 0 Å². The Morgan fingerprint density at radius 2 is 2.11 bits per heavy atom. The molecule has 1 aromatic rings. The Hall–Kier alpha value is -0.860. The lowest BCUT2D eigenvalue weighted by Gasteiger charge is -2.22. The van der Waals surface area contributed by atoms with E-state index in [-0.39, 0.29) is 0 Å². The molecule has 1 N–H and O–H groups in total. The molecule has 18 heavy (non-hydrogen) atoms. The van der Waals surface area contributed by atoms with Gasteiger partial charge in [0.25, 0.3) is 0 Å². The van der Waals surface area contributed by atoms with E-state index in [1.54, 1.807) is 0 Å². The molecular weight excluding hydrogens is 220 g/mol. The van der Waals surface area contributed by atoms with E-state index < -0.39 is 0 Å². The van der Waals surface area contributed by atoms with Crippen molar-refractivity contribution in [3.63, 3.8) is 0 Å². The van der Waals surface area contributed by atoms with Crippen LogP contribution in [-0.4, -0.2) is 30.1 Å². The summed E-state index contributed by atoms with van der Waals surface area (Å²) in [4.78, 5) is 2.67. The van der Waals surface area contributed by atoms with Gasteiger partial charge in [-0.1, -0.05) is 23.8 Å². The number of nitrogens with zero attached hydrogens (tertiary/aromatic N) is 1. The molecular formula is C16H24N2. The first-order chi connectivity index (χ1) is 8.74. The highest BCUT2D eigenvalue weighted by atomic mass is 15.2. The van der Waals surface area contributed by atoms with Crippen molar-refractivity contribution in [3.8, 4) is 0 Å². The number of aryl methyl sites for hydroxylation is 2. The summed E-state index contributed by atoms with van der Waals surface area (Å²) in [6.07, 6.45) is 4.12. The Balaban J connectivity index is 1.62. The van der Waals surface area contributed by atoms with Crippen LogP contribution in [0.1, 0.15) is 36.0 Å². The number of hydrogen-bond donors (Lipinski definition) is 1. The third kappa shape index (κ3) is 2.32. The molecule has 0 radical (unpaired) electrons. The fraction of sp³-hybridized carbons (Fsp3) is 0.625. The standard InChI is InChI=1S/C16H24N2/c1-12-5-6-13(2)14(10-12)11-17-15-7-9-18-8-3-4-16(15)18/h5-6,10,15-17H,3-4,7-9,11H2,1-2H3. The zero-order valence-corrected chi connectivity index (χ0v) is 11.6. The Bertz CT molecular complexity index is 427. The molecule has 3 rings (SSSR count). The first kappa shape index (κ1) is 12.2. The van der Waals surface area contributed by atoms with E-state index in [0.717, 1.165) is 12.6 Å². The largest absolute Gasteiger partial charge is 0.308 e. The Labute approximate surface area is 110 Å². The highest BCUT2D eigenvalue weighted by Crippen LogP contribution is 2.28. The summed E-state index contributed by atoms with van der Waals surface area (Å²) in [6.45, 7) is 8.05. The molecule has 2 aliphatic heterocycles. The van der Waals surface area contributed by atoms with Gasteiger partial charge in [0.15, 0.2) is 0 Å². The highest BCUT2D eigenvalue weighted by molar-refractivity contribution is 5.30. The summed E-state index contributed by atoms with van der Waals surface area (Å²) < 4.78 is 0. The lowest BCUT2D eigenvalue weighted by molar-refractivity contribution is 0.298. The monoisotopic (exact) mass is 244 g/mol. The van der Waals surface area contributed by atoms with Gasteiger partial charge in [0.1, 0.15) is 0 Å². The molecule has 0 amide bonds. The van der Waals surface area contributed by atoms with Crippen LogP contribution in [0.25, 0.3) is 0 Å². The summed E-state index contributed by atoms with van der Waals surface area (Å²) in [6, 6.07) is 8.29. The maximum atomic E-state index is 3.80. The predicted molar refractivity (Wildman–Crippen MR) is 75.8 cm³/mol. The topological polar surface area (TPSA) is 15.3 Å². The van der Waals surface area contributed by atoms with Gasteiger partial charge >= 0.3 is 0 Å². The second-order valence-electron chi connectivity index (χ2n) is 5.95. The van der Waals surface area contributed by atoms with Gasteiger partial charge in [0, 0.05) is 25.2 Å². The van der Waals surface area contributed by atoms with Crippen molar-refractivity contribution in [2.75, 3.05) is 13.1 Å². The van der Waals surface area contributed by atoms with Crippen LogP contribution < -0.4 is 5.32 Å². The van der Waals surface area contributed by atoms with Crippen LogP contribution in [0.3, 0.4) is 0 Å². The van der Waals surface area contributed by atoms with E-state index in [2.05, 4.69) is 42.3 Å². The lowest BCUT2D eigenvalue weighted by Crippen LogP contribution is -2.38. The number of rotatable bonds is 3. The van der Waals surface area contributed by atoms with Gasteiger partial charge in [0.2, 0.25) is 0 Å². The van der Waals surface area contributed by atoms with Crippen molar-refractivity contribution in [2.45, 2.75) is 51.7 Å². The van der Waals surface area contributed by atoms with Gasteiger partial charge in [-0.05, 0) is 50.8 Å². The molecule has 2 nitrogen and oxygen atoms in total. The molecule has 2 unspecified atom stereocenters. The van der Waals surface area contributed by atoms with E-state index in [1.165, 1.54) is 49.0 Å². The molecule has 2 heteroatoms. The molecule has 0 spiro atoms. The van der Waals surface area contributed by atoms with E-state index in [0.29, 0.717) is 6.04 Å². The van der Waals surface area contributed by atoms with Crippen LogP contribution in [0, 0.1) is 13.8 Å². The zero-order valence-electron chi connectivity index (χ0n) is 11.6. The Morgan fingerprint density at radius 1 is 1.22 bits per heavy atom. The van der Waals surface area contributed by atoms with Crippen molar-refractivity contribution in [1.82, 2.24) is 10.2 Å². The van der Waals surface area contributed by atoms with Gasteiger partial charge in [-0.25, -0.2) is 0 Å². The van der Waals surface area contributed by atoms with Crippen LogP contribution in [-0.2, 0) is 6.54 Å². The SMILES string of the molecule is Cc1ccc(C)c(CNC2CCN3CCCC23)c1. The van der Waals surface area contributed by atoms with Crippen LogP contribution in [0.2, 0.25) is 0 Å². The van der Waals surface area contributed by atoms with Gasteiger partial charge in [0.05, 0.1) is 0 Å². The number of benzene rings is 1. The number of fused-ring (bicyclic) bond motifs is 1. The molecule has 0 aromatic heterocycles. The second kappa shape index (κ2) is 5.02. The van der Waals surface area contributed by atoms with Crippen molar-refractivity contribution < 1.29 is 0 Å². The van der Waals surface area contributed by atoms with Gasteiger partial charge in [-0.15, -0.1) is 0 Å². The third-order valence-corrected chi connectivity index (χ3v) is 4.67. The average molecular weight is 244 g/mol. The third-order valence-electron chi connectivity index (χ3n) is 4.67.